The minimum atomic E-state index is 0.0145. The molecule has 20 heavy (non-hydrogen) atoms. The van der Waals surface area contributed by atoms with Crippen LogP contribution in [0, 0.1) is 6.92 Å². The van der Waals surface area contributed by atoms with Crippen molar-refractivity contribution in [2.45, 2.75) is 33.4 Å². The van der Waals surface area contributed by atoms with Gasteiger partial charge in [-0.15, -0.1) is 0 Å². The molecule has 0 amide bonds. The summed E-state index contributed by atoms with van der Waals surface area (Å²) < 4.78 is 7.36. The first-order chi connectivity index (χ1) is 9.49. The van der Waals surface area contributed by atoms with Crippen molar-refractivity contribution in [3.63, 3.8) is 0 Å². The lowest BCUT2D eigenvalue weighted by Gasteiger charge is -2.13. The summed E-state index contributed by atoms with van der Waals surface area (Å²) in [6.07, 6.45) is 3.28. The molecule has 0 radical (unpaired) electrons. The second kappa shape index (κ2) is 5.77. The van der Waals surface area contributed by atoms with Crippen LogP contribution in [0.2, 0.25) is 0 Å². The minimum absolute atomic E-state index is 0.0145. The molecule has 0 aliphatic heterocycles. The van der Waals surface area contributed by atoms with Crippen molar-refractivity contribution >= 4 is 11.5 Å². The second-order valence-electron chi connectivity index (χ2n) is 4.84. The van der Waals surface area contributed by atoms with Crippen molar-refractivity contribution in [1.29, 1.82) is 0 Å². The van der Waals surface area contributed by atoms with E-state index in [4.69, 9.17) is 10.5 Å². The third-order valence-electron chi connectivity index (χ3n) is 2.98. The fraction of sp³-hybridized carbons (Fsp3) is 0.462. The average molecular weight is 276 g/mol. The van der Waals surface area contributed by atoms with E-state index in [-0.39, 0.29) is 6.10 Å². The smallest absolute Gasteiger partial charge is 0.242 e. The number of aryl methyl sites for hydroxylation is 1. The molecule has 2 heterocycles. The molecular weight excluding hydrogens is 256 g/mol. The Morgan fingerprint density at radius 3 is 2.75 bits per heavy atom. The van der Waals surface area contributed by atoms with Crippen molar-refractivity contribution in [3.05, 3.63) is 23.8 Å². The van der Waals surface area contributed by atoms with Gasteiger partial charge in [0.1, 0.15) is 12.0 Å². The molecule has 0 atom stereocenters. The summed E-state index contributed by atoms with van der Waals surface area (Å²) in [5.74, 6) is 0.972. The molecule has 0 spiro atoms. The Morgan fingerprint density at radius 2 is 2.15 bits per heavy atom. The lowest BCUT2D eigenvalue weighted by molar-refractivity contribution is 0.234. The monoisotopic (exact) mass is 276 g/mol. The van der Waals surface area contributed by atoms with Crippen molar-refractivity contribution in [2.24, 2.45) is 7.05 Å². The van der Waals surface area contributed by atoms with Gasteiger partial charge in [-0.3, -0.25) is 4.68 Å². The van der Waals surface area contributed by atoms with Gasteiger partial charge >= 0.3 is 0 Å². The van der Waals surface area contributed by atoms with E-state index in [1.807, 2.05) is 38.7 Å². The maximum atomic E-state index is 6.01. The van der Waals surface area contributed by atoms with E-state index >= 15 is 0 Å². The number of nitrogens with one attached hydrogen (secondary N) is 1. The molecule has 0 aliphatic carbocycles. The zero-order chi connectivity index (χ0) is 14.7. The fourth-order valence-electron chi connectivity index (χ4n) is 1.73. The van der Waals surface area contributed by atoms with Crippen LogP contribution in [0.1, 0.15) is 25.1 Å². The summed E-state index contributed by atoms with van der Waals surface area (Å²) in [5.41, 5.74) is 8.62. The number of nitrogens with two attached hydrogens (primary N) is 1. The number of nitrogen functional groups attached to an aromatic ring is 1. The van der Waals surface area contributed by atoms with Gasteiger partial charge in [0.2, 0.25) is 5.88 Å². The van der Waals surface area contributed by atoms with Crippen LogP contribution < -0.4 is 15.8 Å². The molecule has 0 unspecified atom stereocenters. The minimum Gasteiger partial charge on any atom is -0.473 e. The Morgan fingerprint density at radius 1 is 1.40 bits per heavy atom. The Labute approximate surface area is 118 Å². The topological polar surface area (TPSA) is 90.9 Å². The SMILES string of the molecule is Cc1c(CNc2ncnc(OC(C)C)c2N)cnn1C. The van der Waals surface area contributed by atoms with Gasteiger partial charge < -0.3 is 15.8 Å². The van der Waals surface area contributed by atoms with Crippen molar-refractivity contribution in [2.75, 3.05) is 11.1 Å². The predicted octanol–water partition coefficient (Wildman–Crippen LogP) is 1.50. The van der Waals surface area contributed by atoms with Gasteiger partial charge in [0.05, 0.1) is 12.3 Å². The van der Waals surface area contributed by atoms with Crippen molar-refractivity contribution in [1.82, 2.24) is 19.7 Å². The van der Waals surface area contributed by atoms with E-state index in [9.17, 15) is 0 Å². The molecule has 2 aromatic rings. The van der Waals surface area contributed by atoms with Gasteiger partial charge in [0.25, 0.3) is 0 Å². The van der Waals surface area contributed by atoms with Gasteiger partial charge in [-0.1, -0.05) is 0 Å². The van der Waals surface area contributed by atoms with E-state index in [1.165, 1.54) is 6.33 Å². The Balaban J connectivity index is 2.12. The lowest BCUT2D eigenvalue weighted by Crippen LogP contribution is -2.12. The van der Waals surface area contributed by atoms with Crippen molar-refractivity contribution < 1.29 is 4.74 Å². The van der Waals surface area contributed by atoms with Gasteiger partial charge in [0.15, 0.2) is 5.82 Å². The Hall–Kier alpha value is -2.31. The second-order valence-corrected chi connectivity index (χ2v) is 4.84. The van der Waals surface area contributed by atoms with Crippen LogP contribution in [0.25, 0.3) is 0 Å². The van der Waals surface area contributed by atoms with Crippen LogP contribution in [0.5, 0.6) is 5.88 Å². The van der Waals surface area contributed by atoms with Crippen molar-refractivity contribution in [3.8, 4) is 5.88 Å². The molecule has 0 saturated heterocycles. The summed E-state index contributed by atoms with van der Waals surface area (Å²) in [6.45, 7) is 6.46. The quantitative estimate of drug-likeness (QED) is 0.860. The Kier molecular flexibility index (Phi) is 4.07. The zero-order valence-corrected chi connectivity index (χ0v) is 12.2. The van der Waals surface area contributed by atoms with Gasteiger partial charge in [-0.25, -0.2) is 4.98 Å². The van der Waals surface area contributed by atoms with E-state index in [0.717, 1.165) is 11.3 Å². The van der Waals surface area contributed by atoms with E-state index in [2.05, 4.69) is 20.4 Å². The predicted molar refractivity (Wildman–Crippen MR) is 77.5 cm³/mol. The first-order valence-corrected chi connectivity index (χ1v) is 6.47. The van der Waals surface area contributed by atoms with E-state index in [0.29, 0.717) is 23.9 Å². The molecular formula is C13H20N6O. The number of hydrogen-bond acceptors (Lipinski definition) is 6. The molecule has 7 heteroatoms. The van der Waals surface area contributed by atoms with E-state index in [1.54, 1.807) is 0 Å². The molecule has 0 saturated carbocycles. The number of ether oxygens (including phenoxy) is 1. The number of anilines is 2. The molecule has 3 N–H and O–H groups in total. The summed E-state index contributed by atoms with van der Waals surface area (Å²) in [6, 6.07) is 0. The molecule has 0 aromatic carbocycles. The highest BCUT2D eigenvalue weighted by Gasteiger charge is 2.11. The van der Waals surface area contributed by atoms with Crippen LogP contribution in [0.4, 0.5) is 11.5 Å². The summed E-state index contributed by atoms with van der Waals surface area (Å²) >= 11 is 0. The largest absolute Gasteiger partial charge is 0.473 e. The van der Waals surface area contributed by atoms with Crippen LogP contribution in [0.3, 0.4) is 0 Å². The normalized spacial score (nSPS) is 10.8. The maximum absolute atomic E-state index is 6.01. The number of rotatable bonds is 5. The summed E-state index contributed by atoms with van der Waals surface area (Å²) in [5, 5.41) is 7.38. The standard InChI is InChI=1S/C13H20N6O/c1-8(2)20-13-11(14)12(16-7-17-13)15-5-10-6-18-19(4)9(10)3/h6-8H,5,14H2,1-4H3,(H,15,16,17). The average Bonchev–Trinajstić information content (AvgIpc) is 2.71. The first-order valence-electron chi connectivity index (χ1n) is 6.47. The highest BCUT2D eigenvalue weighted by atomic mass is 16.5. The Bertz CT molecular complexity index is 593. The first kappa shape index (κ1) is 14.1. The molecule has 7 nitrogen and oxygen atoms in total. The molecule has 108 valence electrons. The molecule has 2 aromatic heterocycles. The van der Waals surface area contributed by atoms with Gasteiger partial charge in [0, 0.05) is 24.8 Å². The summed E-state index contributed by atoms with van der Waals surface area (Å²) in [4.78, 5) is 8.18. The third-order valence-corrected chi connectivity index (χ3v) is 2.98. The highest BCUT2D eigenvalue weighted by molar-refractivity contribution is 5.66. The lowest BCUT2D eigenvalue weighted by atomic mass is 10.2. The van der Waals surface area contributed by atoms with Crippen LogP contribution >= 0.6 is 0 Å². The van der Waals surface area contributed by atoms with Gasteiger partial charge in [-0.05, 0) is 20.8 Å². The number of hydrogen-bond donors (Lipinski definition) is 2. The highest BCUT2D eigenvalue weighted by Crippen LogP contribution is 2.25. The number of nitrogens with zero attached hydrogens (tertiary/aromatic N) is 4. The third kappa shape index (κ3) is 2.98. The maximum Gasteiger partial charge on any atom is 0.242 e. The summed E-state index contributed by atoms with van der Waals surface area (Å²) in [7, 11) is 1.91. The van der Waals surface area contributed by atoms with Gasteiger partial charge in [-0.2, -0.15) is 10.1 Å². The van der Waals surface area contributed by atoms with E-state index < -0.39 is 0 Å². The molecule has 2 rings (SSSR count). The molecule has 0 bridgehead atoms. The van der Waals surface area contributed by atoms with Crippen LogP contribution in [-0.2, 0) is 13.6 Å². The zero-order valence-electron chi connectivity index (χ0n) is 12.2. The molecule has 0 aliphatic rings. The fourth-order valence-corrected chi connectivity index (χ4v) is 1.73. The number of aromatic nitrogens is 4. The molecule has 0 fully saturated rings. The van der Waals surface area contributed by atoms with Crippen LogP contribution in [-0.4, -0.2) is 25.9 Å². The van der Waals surface area contributed by atoms with Crippen LogP contribution in [0.15, 0.2) is 12.5 Å².